The Morgan fingerprint density at radius 1 is 0.886 bits per heavy atom. The average Bonchev–Trinajstić information content (AvgIpc) is 3.41. The Balaban J connectivity index is 1.71. The highest BCUT2D eigenvalue weighted by atomic mass is 32.1. The Hall–Kier alpha value is -3.90. The van der Waals surface area contributed by atoms with E-state index >= 15 is 0 Å². The minimum absolute atomic E-state index is 0.146. The number of nitrogens with zero attached hydrogens (tertiary/aromatic N) is 1. The molecule has 1 heterocycles. The molecule has 3 aromatic carbocycles. The van der Waals surface area contributed by atoms with Crippen LogP contribution in [0.25, 0.3) is 0 Å². The topological polar surface area (TPSA) is 58.6 Å². The second-order valence-corrected chi connectivity index (χ2v) is 9.00. The lowest BCUT2D eigenvalue weighted by Gasteiger charge is -2.31. The first kappa shape index (κ1) is 24.2. The number of hydrogen-bond donors (Lipinski definition) is 1. The van der Waals surface area contributed by atoms with Gasteiger partial charge in [0, 0.05) is 17.1 Å². The zero-order valence-corrected chi connectivity index (χ0v) is 20.4. The number of hydrogen-bond acceptors (Lipinski definition) is 4. The number of nitrogens with one attached hydrogen (secondary N) is 1. The summed E-state index contributed by atoms with van der Waals surface area (Å²) in [7, 11) is 0. The van der Waals surface area contributed by atoms with E-state index in [4.69, 9.17) is 4.74 Å². The average molecular weight is 485 g/mol. The zero-order chi connectivity index (χ0) is 24.5. The fourth-order valence-electron chi connectivity index (χ4n) is 3.89. The third kappa shape index (κ3) is 6.37. The molecular formula is C29H28N2O3S. The van der Waals surface area contributed by atoms with E-state index in [-0.39, 0.29) is 18.2 Å². The van der Waals surface area contributed by atoms with Gasteiger partial charge >= 0.3 is 0 Å². The Labute approximate surface area is 210 Å². The van der Waals surface area contributed by atoms with Crippen LogP contribution in [0.2, 0.25) is 0 Å². The summed E-state index contributed by atoms with van der Waals surface area (Å²) in [5.41, 5.74) is 2.37. The Morgan fingerprint density at radius 2 is 1.57 bits per heavy atom. The molecule has 0 bridgehead atoms. The molecule has 4 rings (SSSR count). The summed E-state index contributed by atoms with van der Waals surface area (Å²) >= 11 is 1.53. The molecule has 1 atom stereocenters. The number of carbonyl (C=O) groups excluding carboxylic acids is 2. The van der Waals surface area contributed by atoms with E-state index in [0.29, 0.717) is 24.4 Å². The van der Waals surface area contributed by atoms with Crippen LogP contribution in [-0.2, 0) is 22.6 Å². The lowest BCUT2D eigenvalue weighted by Crippen LogP contribution is -2.44. The quantitative estimate of drug-likeness (QED) is 0.310. The maximum Gasteiger partial charge on any atom is 0.248 e. The van der Waals surface area contributed by atoms with Crippen LogP contribution in [0.15, 0.2) is 102 Å². The van der Waals surface area contributed by atoms with Crippen LogP contribution in [0.1, 0.15) is 29.0 Å². The molecule has 6 heteroatoms. The molecule has 0 aliphatic carbocycles. The minimum atomic E-state index is -0.843. The van der Waals surface area contributed by atoms with E-state index in [1.807, 2.05) is 109 Å². The number of thiophene rings is 1. The Kier molecular flexibility index (Phi) is 8.30. The van der Waals surface area contributed by atoms with Gasteiger partial charge < -0.3 is 10.1 Å². The summed E-state index contributed by atoms with van der Waals surface area (Å²) in [6, 6.07) is 29.5. The highest BCUT2D eigenvalue weighted by Crippen LogP contribution is 2.30. The van der Waals surface area contributed by atoms with Crippen molar-refractivity contribution in [3.05, 3.63) is 118 Å². The van der Waals surface area contributed by atoms with E-state index in [9.17, 15) is 9.59 Å². The molecule has 1 N–H and O–H groups in total. The van der Waals surface area contributed by atoms with Crippen LogP contribution in [0.5, 0.6) is 5.75 Å². The van der Waals surface area contributed by atoms with Crippen molar-refractivity contribution in [3.63, 3.8) is 0 Å². The van der Waals surface area contributed by atoms with Gasteiger partial charge in [-0.3, -0.25) is 14.5 Å². The lowest BCUT2D eigenvalue weighted by atomic mass is 10.0. The molecule has 0 fully saturated rings. The fraction of sp³-hybridized carbons (Fsp3) is 0.172. The second kappa shape index (κ2) is 12.0. The van der Waals surface area contributed by atoms with E-state index in [1.54, 1.807) is 4.90 Å². The number of ether oxygens (including phenoxy) is 1. The van der Waals surface area contributed by atoms with Gasteiger partial charge in [0.25, 0.3) is 0 Å². The standard InChI is InChI=1S/C29H28N2O3S/c1-2-34-25-17-15-23(16-18-25)28(29(33)30-21-22-10-5-3-6-11-22)31(24-12-7-4-8-13-24)27(32)20-26-14-9-19-35-26/h3-19,28H,2,20-21H2,1H3,(H,30,33)/t28-/m0/s1. The molecule has 4 aromatic rings. The predicted octanol–water partition coefficient (Wildman–Crippen LogP) is 5.78. The smallest absolute Gasteiger partial charge is 0.248 e. The SMILES string of the molecule is CCOc1ccc([C@@H](C(=O)NCc2ccccc2)N(C(=O)Cc2cccs2)c2ccccc2)cc1. The van der Waals surface area contributed by atoms with E-state index in [1.165, 1.54) is 11.3 Å². The van der Waals surface area contributed by atoms with E-state index in [0.717, 1.165) is 16.2 Å². The van der Waals surface area contributed by atoms with Crippen LogP contribution in [-0.4, -0.2) is 18.4 Å². The van der Waals surface area contributed by atoms with Crippen LogP contribution in [0.4, 0.5) is 5.69 Å². The molecule has 0 radical (unpaired) electrons. The Bertz CT molecular complexity index is 1210. The zero-order valence-electron chi connectivity index (χ0n) is 19.6. The highest BCUT2D eigenvalue weighted by molar-refractivity contribution is 7.10. The third-order valence-electron chi connectivity index (χ3n) is 5.53. The van der Waals surface area contributed by atoms with Gasteiger partial charge in [-0.15, -0.1) is 11.3 Å². The molecule has 0 spiro atoms. The van der Waals surface area contributed by atoms with Crippen LogP contribution in [0.3, 0.4) is 0 Å². The second-order valence-electron chi connectivity index (χ2n) is 7.96. The number of carbonyl (C=O) groups is 2. The molecule has 1 aromatic heterocycles. The summed E-state index contributed by atoms with van der Waals surface area (Å²) < 4.78 is 5.59. The van der Waals surface area contributed by atoms with Crippen LogP contribution >= 0.6 is 11.3 Å². The van der Waals surface area contributed by atoms with Crippen molar-refractivity contribution >= 4 is 28.8 Å². The summed E-state index contributed by atoms with van der Waals surface area (Å²) in [6.45, 7) is 2.85. The summed E-state index contributed by atoms with van der Waals surface area (Å²) in [5.74, 6) is 0.324. The highest BCUT2D eigenvalue weighted by Gasteiger charge is 2.32. The number of benzene rings is 3. The van der Waals surface area contributed by atoms with Gasteiger partial charge in [0.1, 0.15) is 11.8 Å². The predicted molar refractivity (Wildman–Crippen MR) is 141 cm³/mol. The lowest BCUT2D eigenvalue weighted by molar-refractivity contribution is -0.126. The van der Waals surface area contributed by atoms with E-state index < -0.39 is 6.04 Å². The van der Waals surface area contributed by atoms with Crippen molar-refractivity contribution in [3.8, 4) is 5.75 Å². The van der Waals surface area contributed by atoms with Gasteiger partial charge in [0.2, 0.25) is 11.8 Å². The molecular weight excluding hydrogens is 456 g/mol. The van der Waals surface area contributed by atoms with Crippen LogP contribution in [0, 0.1) is 0 Å². The van der Waals surface area contributed by atoms with Crippen molar-refractivity contribution < 1.29 is 14.3 Å². The van der Waals surface area contributed by atoms with E-state index in [2.05, 4.69) is 5.32 Å². The van der Waals surface area contributed by atoms with Gasteiger partial charge in [-0.25, -0.2) is 0 Å². The molecule has 0 saturated carbocycles. The van der Waals surface area contributed by atoms with Gasteiger partial charge in [-0.05, 0) is 53.8 Å². The summed E-state index contributed by atoms with van der Waals surface area (Å²) in [6.07, 6.45) is 0.214. The molecule has 178 valence electrons. The van der Waals surface area contributed by atoms with Crippen molar-refractivity contribution in [2.45, 2.75) is 25.9 Å². The minimum Gasteiger partial charge on any atom is -0.494 e. The first-order chi connectivity index (χ1) is 17.2. The first-order valence-electron chi connectivity index (χ1n) is 11.6. The summed E-state index contributed by atoms with van der Waals surface area (Å²) in [4.78, 5) is 30.0. The largest absolute Gasteiger partial charge is 0.494 e. The number of para-hydroxylation sites is 1. The Morgan fingerprint density at radius 3 is 2.20 bits per heavy atom. The molecule has 35 heavy (non-hydrogen) atoms. The monoisotopic (exact) mass is 484 g/mol. The van der Waals surface area contributed by atoms with Gasteiger partial charge in [-0.1, -0.05) is 66.7 Å². The molecule has 0 saturated heterocycles. The van der Waals surface area contributed by atoms with Gasteiger partial charge in [0.15, 0.2) is 0 Å². The number of rotatable bonds is 10. The van der Waals surface area contributed by atoms with Crippen molar-refractivity contribution in [1.29, 1.82) is 0 Å². The molecule has 5 nitrogen and oxygen atoms in total. The maximum atomic E-state index is 13.7. The molecule has 0 unspecified atom stereocenters. The first-order valence-corrected chi connectivity index (χ1v) is 12.5. The van der Waals surface area contributed by atoms with Gasteiger partial charge in [0.05, 0.1) is 13.0 Å². The fourth-order valence-corrected chi connectivity index (χ4v) is 4.58. The van der Waals surface area contributed by atoms with Crippen LogP contribution < -0.4 is 15.0 Å². The third-order valence-corrected chi connectivity index (χ3v) is 6.41. The summed E-state index contributed by atoms with van der Waals surface area (Å²) in [5, 5.41) is 4.99. The molecule has 2 amide bonds. The van der Waals surface area contributed by atoms with Crippen molar-refractivity contribution in [2.75, 3.05) is 11.5 Å². The van der Waals surface area contributed by atoms with Crippen molar-refractivity contribution in [1.82, 2.24) is 5.32 Å². The number of amides is 2. The molecule has 0 aliphatic heterocycles. The normalized spacial score (nSPS) is 11.5. The van der Waals surface area contributed by atoms with Gasteiger partial charge in [-0.2, -0.15) is 0 Å². The number of anilines is 1. The van der Waals surface area contributed by atoms with Crippen molar-refractivity contribution in [2.24, 2.45) is 0 Å². The maximum absolute atomic E-state index is 13.7. The molecule has 0 aliphatic rings.